The lowest BCUT2D eigenvalue weighted by atomic mass is 9.99. The van der Waals surface area contributed by atoms with Crippen molar-refractivity contribution in [3.05, 3.63) is 29.6 Å². The van der Waals surface area contributed by atoms with Crippen LogP contribution in [0.1, 0.15) is 25.5 Å². The Bertz CT molecular complexity index is 663. The molecule has 0 atom stereocenters. The Morgan fingerprint density at radius 2 is 2.05 bits per heavy atom. The molecule has 1 aromatic carbocycles. The molecule has 1 aromatic heterocycles. The van der Waals surface area contributed by atoms with E-state index in [1.807, 2.05) is 13.8 Å². The fourth-order valence-electron chi connectivity index (χ4n) is 2.46. The first-order chi connectivity index (χ1) is 8.95. The lowest BCUT2D eigenvalue weighted by Gasteiger charge is -2.34. The van der Waals surface area contributed by atoms with Crippen LogP contribution in [0, 0.1) is 12.7 Å². The van der Waals surface area contributed by atoms with Gasteiger partial charge in [-0.05, 0) is 32.9 Å². The SMILES string of the molecule is COc1ccc(F)c2c1NC(C)(C)c1nnc(C)n1-2. The highest BCUT2D eigenvalue weighted by Crippen LogP contribution is 2.42. The Balaban J connectivity index is 2.40. The number of rotatable bonds is 1. The van der Waals surface area contributed by atoms with Gasteiger partial charge in [-0.15, -0.1) is 10.2 Å². The van der Waals surface area contributed by atoms with E-state index in [-0.39, 0.29) is 5.82 Å². The molecule has 0 spiro atoms. The number of anilines is 1. The average molecular weight is 262 g/mol. The largest absolute Gasteiger partial charge is 0.495 e. The molecule has 0 amide bonds. The number of nitrogens with zero attached hydrogens (tertiary/aromatic N) is 3. The van der Waals surface area contributed by atoms with Crippen molar-refractivity contribution in [2.75, 3.05) is 12.4 Å². The number of benzene rings is 1. The smallest absolute Gasteiger partial charge is 0.162 e. The Kier molecular flexibility index (Phi) is 2.32. The van der Waals surface area contributed by atoms with Gasteiger partial charge >= 0.3 is 0 Å². The molecule has 19 heavy (non-hydrogen) atoms. The third-order valence-corrected chi connectivity index (χ3v) is 3.36. The molecule has 2 heterocycles. The van der Waals surface area contributed by atoms with Crippen molar-refractivity contribution in [1.29, 1.82) is 0 Å². The van der Waals surface area contributed by atoms with Gasteiger partial charge < -0.3 is 10.1 Å². The number of ether oxygens (including phenoxy) is 1. The van der Waals surface area contributed by atoms with Crippen LogP contribution in [0.25, 0.3) is 5.69 Å². The number of hydrogen-bond acceptors (Lipinski definition) is 4. The number of methoxy groups -OCH3 is 1. The summed E-state index contributed by atoms with van der Waals surface area (Å²) < 4.78 is 21.3. The fraction of sp³-hybridized carbons (Fsp3) is 0.385. The number of hydrogen-bond donors (Lipinski definition) is 1. The van der Waals surface area contributed by atoms with Crippen molar-refractivity contribution >= 4 is 5.69 Å². The van der Waals surface area contributed by atoms with Crippen LogP contribution in [0.4, 0.5) is 10.1 Å². The first-order valence-corrected chi connectivity index (χ1v) is 6.03. The maximum Gasteiger partial charge on any atom is 0.162 e. The Labute approximate surface area is 110 Å². The van der Waals surface area contributed by atoms with Gasteiger partial charge in [0, 0.05) is 0 Å². The van der Waals surface area contributed by atoms with Crippen LogP contribution in [0.3, 0.4) is 0 Å². The van der Waals surface area contributed by atoms with E-state index in [1.165, 1.54) is 6.07 Å². The third-order valence-electron chi connectivity index (χ3n) is 3.36. The van der Waals surface area contributed by atoms with Gasteiger partial charge in [0.15, 0.2) is 5.82 Å². The van der Waals surface area contributed by atoms with E-state index in [0.717, 1.165) is 0 Å². The zero-order chi connectivity index (χ0) is 13.8. The van der Waals surface area contributed by atoms with Crippen molar-refractivity contribution in [2.24, 2.45) is 0 Å². The molecule has 3 rings (SSSR count). The topological polar surface area (TPSA) is 52.0 Å². The van der Waals surface area contributed by atoms with Gasteiger partial charge in [0.25, 0.3) is 0 Å². The second-order valence-electron chi connectivity index (χ2n) is 5.13. The van der Waals surface area contributed by atoms with E-state index >= 15 is 0 Å². The van der Waals surface area contributed by atoms with Crippen molar-refractivity contribution in [3.63, 3.8) is 0 Å². The molecule has 0 radical (unpaired) electrons. The van der Waals surface area contributed by atoms with E-state index in [9.17, 15) is 4.39 Å². The van der Waals surface area contributed by atoms with Gasteiger partial charge in [-0.1, -0.05) is 0 Å². The maximum absolute atomic E-state index is 14.2. The highest BCUT2D eigenvalue weighted by Gasteiger charge is 2.37. The molecule has 0 saturated heterocycles. The molecule has 0 unspecified atom stereocenters. The van der Waals surface area contributed by atoms with Crippen LogP contribution in [0.15, 0.2) is 12.1 Å². The van der Waals surface area contributed by atoms with Gasteiger partial charge in [-0.25, -0.2) is 4.39 Å². The summed E-state index contributed by atoms with van der Waals surface area (Å²) in [5.74, 6) is 1.61. The molecule has 0 saturated carbocycles. The van der Waals surface area contributed by atoms with Gasteiger partial charge in [-0.2, -0.15) is 0 Å². The Morgan fingerprint density at radius 3 is 2.74 bits per heavy atom. The summed E-state index contributed by atoms with van der Waals surface area (Å²) in [5, 5.41) is 11.5. The molecule has 1 aliphatic heterocycles. The van der Waals surface area contributed by atoms with Crippen LogP contribution < -0.4 is 10.1 Å². The predicted molar refractivity (Wildman–Crippen MR) is 69.3 cm³/mol. The number of aromatic nitrogens is 3. The molecule has 100 valence electrons. The molecule has 0 bridgehead atoms. The summed E-state index contributed by atoms with van der Waals surface area (Å²) in [6.45, 7) is 5.75. The van der Waals surface area contributed by atoms with E-state index in [1.54, 1.807) is 24.7 Å². The van der Waals surface area contributed by atoms with Crippen molar-refractivity contribution in [3.8, 4) is 11.4 Å². The summed E-state index contributed by atoms with van der Waals surface area (Å²) in [6, 6.07) is 3.00. The molecule has 0 aliphatic carbocycles. The first-order valence-electron chi connectivity index (χ1n) is 6.03. The summed E-state index contributed by atoms with van der Waals surface area (Å²) in [6.07, 6.45) is 0. The highest BCUT2D eigenvalue weighted by atomic mass is 19.1. The molecule has 2 aromatic rings. The van der Waals surface area contributed by atoms with Crippen molar-refractivity contribution in [1.82, 2.24) is 14.8 Å². The number of fused-ring (bicyclic) bond motifs is 3. The van der Waals surface area contributed by atoms with Crippen LogP contribution in [-0.4, -0.2) is 21.9 Å². The predicted octanol–water partition coefficient (Wildman–Crippen LogP) is 2.38. The van der Waals surface area contributed by atoms with E-state index in [2.05, 4.69) is 15.5 Å². The minimum absolute atomic E-state index is 0.331. The summed E-state index contributed by atoms with van der Waals surface area (Å²) in [7, 11) is 1.57. The molecule has 1 aliphatic rings. The normalized spacial score (nSPS) is 15.4. The minimum Gasteiger partial charge on any atom is -0.495 e. The van der Waals surface area contributed by atoms with Gasteiger partial charge in [-0.3, -0.25) is 4.57 Å². The zero-order valence-electron chi connectivity index (χ0n) is 11.3. The molecule has 5 nitrogen and oxygen atoms in total. The Hall–Kier alpha value is -2.11. The second kappa shape index (κ2) is 3.69. The van der Waals surface area contributed by atoms with Crippen molar-refractivity contribution < 1.29 is 9.13 Å². The van der Waals surface area contributed by atoms with Crippen LogP contribution >= 0.6 is 0 Å². The number of halogens is 1. The number of aryl methyl sites for hydroxylation is 1. The van der Waals surface area contributed by atoms with E-state index in [4.69, 9.17) is 4.74 Å². The van der Waals surface area contributed by atoms with E-state index < -0.39 is 5.54 Å². The second-order valence-corrected chi connectivity index (χ2v) is 5.13. The molecule has 6 heteroatoms. The van der Waals surface area contributed by atoms with Crippen LogP contribution in [-0.2, 0) is 5.54 Å². The van der Waals surface area contributed by atoms with Gasteiger partial charge in [0.05, 0.1) is 12.6 Å². The third kappa shape index (κ3) is 1.52. The number of nitrogens with one attached hydrogen (secondary N) is 1. The van der Waals surface area contributed by atoms with Gasteiger partial charge in [0.2, 0.25) is 0 Å². The lowest BCUT2D eigenvalue weighted by molar-refractivity contribution is 0.410. The summed E-state index contributed by atoms with van der Waals surface area (Å²) >= 11 is 0. The molecule has 1 N–H and O–H groups in total. The molecular formula is C13H15FN4O. The first kappa shape index (κ1) is 12.0. The standard InChI is InChI=1S/C13H15FN4O/c1-7-16-17-12-13(2,3)15-10-9(19-4)6-5-8(14)11(10)18(7)12/h5-6,15H,1-4H3. The summed E-state index contributed by atoms with van der Waals surface area (Å²) in [4.78, 5) is 0. The van der Waals surface area contributed by atoms with Crippen molar-refractivity contribution in [2.45, 2.75) is 26.3 Å². The van der Waals surface area contributed by atoms with Crippen LogP contribution in [0.5, 0.6) is 5.75 Å². The summed E-state index contributed by atoms with van der Waals surface area (Å²) in [5.41, 5.74) is 0.592. The quantitative estimate of drug-likeness (QED) is 0.857. The molecule has 0 fully saturated rings. The lowest BCUT2D eigenvalue weighted by Crippen LogP contribution is -2.36. The van der Waals surface area contributed by atoms with Crippen LogP contribution in [0.2, 0.25) is 0 Å². The monoisotopic (exact) mass is 262 g/mol. The Morgan fingerprint density at radius 1 is 1.32 bits per heavy atom. The fourth-order valence-corrected chi connectivity index (χ4v) is 2.46. The van der Waals surface area contributed by atoms with E-state index in [0.29, 0.717) is 28.8 Å². The minimum atomic E-state index is -0.449. The average Bonchev–Trinajstić information content (AvgIpc) is 2.73. The van der Waals surface area contributed by atoms with Gasteiger partial charge in [0.1, 0.15) is 28.8 Å². The highest BCUT2D eigenvalue weighted by molar-refractivity contribution is 5.73. The molecular weight excluding hydrogens is 247 g/mol. The maximum atomic E-state index is 14.2. The zero-order valence-corrected chi connectivity index (χ0v) is 11.3.